The highest BCUT2D eigenvalue weighted by Gasteiger charge is 2.17. The van der Waals surface area contributed by atoms with Gasteiger partial charge in [0.05, 0.1) is 5.69 Å². The fourth-order valence-electron chi connectivity index (χ4n) is 1.75. The summed E-state index contributed by atoms with van der Waals surface area (Å²) in [6.07, 6.45) is 0.789. The van der Waals surface area contributed by atoms with Crippen molar-refractivity contribution < 1.29 is 19.1 Å². The smallest absolute Gasteiger partial charge is 0.340 e. The Kier molecular flexibility index (Phi) is 4.47. The summed E-state index contributed by atoms with van der Waals surface area (Å²) < 4.78 is 13.4. The zero-order valence-corrected chi connectivity index (χ0v) is 11.2. The molecule has 20 heavy (non-hydrogen) atoms. The topological polar surface area (TPSA) is 66.4 Å². The van der Waals surface area contributed by atoms with E-state index in [0.29, 0.717) is 6.42 Å². The van der Waals surface area contributed by atoms with Crippen molar-refractivity contribution in [1.29, 1.82) is 0 Å². The van der Waals surface area contributed by atoms with E-state index < -0.39 is 17.3 Å². The van der Waals surface area contributed by atoms with E-state index in [1.807, 2.05) is 17.5 Å². The van der Waals surface area contributed by atoms with Gasteiger partial charge in [0, 0.05) is 11.3 Å². The number of thiophene rings is 1. The number of benzene rings is 1. The van der Waals surface area contributed by atoms with Gasteiger partial charge in [0.1, 0.15) is 11.4 Å². The number of aryl methyl sites for hydroxylation is 1. The van der Waals surface area contributed by atoms with Crippen LogP contribution in [-0.4, -0.2) is 17.0 Å². The quantitative estimate of drug-likeness (QED) is 0.890. The molecule has 0 aliphatic rings. The van der Waals surface area contributed by atoms with Gasteiger partial charge in [-0.15, -0.1) is 11.3 Å². The predicted molar refractivity (Wildman–Crippen MR) is 74.6 cm³/mol. The second-order valence-electron chi connectivity index (χ2n) is 4.10. The van der Waals surface area contributed by atoms with E-state index in [-0.39, 0.29) is 18.0 Å². The Morgan fingerprint density at radius 2 is 2.05 bits per heavy atom. The lowest BCUT2D eigenvalue weighted by Crippen LogP contribution is -2.16. The van der Waals surface area contributed by atoms with Crippen molar-refractivity contribution in [3.63, 3.8) is 0 Å². The van der Waals surface area contributed by atoms with Gasteiger partial charge in [-0.3, -0.25) is 4.79 Å². The van der Waals surface area contributed by atoms with Crippen molar-refractivity contribution in [2.24, 2.45) is 0 Å². The molecule has 0 bridgehead atoms. The van der Waals surface area contributed by atoms with Gasteiger partial charge in [-0.2, -0.15) is 0 Å². The molecular formula is C14H12FNO3S. The number of carboxylic acids is 1. The highest BCUT2D eigenvalue weighted by atomic mass is 32.1. The molecule has 6 heteroatoms. The van der Waals surface area contributed by atoms with E-state index >= 15 is 0 Å². The predicted octanol–water partition coefficient (Wildman–Crippen LogP) is 3.16. The zero-order valence-electron chi connectivity index (χ0n) is 10.4. The van der Waals surface area contributed by atoms with Crippen LogP contribution in [0.15, 0.2) is 35.7 Å². The molecule has 1 aromatic carbocycles. The lowest BCUT2D eigenvalue weighted by Gasteiger charge is -2.08. The van der Waals surface area contributed by atoms with Crippen molar-refractivity contribution in [1.82, 2.24) is 0 Å². The maximum atomic E-state index is 13.4. The molecular weight excluding hydrogens is 281 g/mol. The molecule has 104 valence electrons. The van der Waals surface area contributed by atoms with Gasteiger partial charge in [-0.05, 0) is 30.0 Å². The molecule has 0 aliphatic carbocycles. The largest absolute Gasteiger partial charge is 0.478 e. The number of hydrogen-bond acceptors (Lipinski definition) is 3. The van der Waals surface area contributed by atoms with Crippen molar-refractivity contribution in [3.8, 4) is 0 Å². The highest BCUT2D eigenvalue weighted by Crippen LogP contribution is 2.19. The first kappa shape index (κ1) is 14.2. The maximum absolute atomic E-state index is 13.4. The molecule has 0 fully saturated rings. The third-order valence-corrected chi connectivity index (χ3v) is 3.62. The first-order valence-electron chi connectivity index (χ1n) is 5.92. The molecule has 4 nitrogen and oxygen atoms in total. The molecule has 0 saturated heterocycles. The summed E-state index contributed by atoms with van der Waals surface area (Å²) in [7, 11) is 0. The summed E-state index contributed by atoms with van der Waals surface area (Å²) in [4.78, 5) is 23.8. The molecule has 2 rings (SSSR count). The Morgan fingerprint density at radius 1 is 1.25 bits per heavy atom. The number of aromatic carboxylic acids is 1. The average Bonchev–Trinajstić information content (AvgIpc) is 2.89. The van der Waals surface area contributed by atoms with Crippen LogP contribution in [0.25, 0.3) is 0 Å². The number of anilines is 1. The normalized spacial score (nSPS) is 10.2. The van der Waals surface area contributed by atoms with Gasteiger partial charge in [-0.1, -0.05) is 12.1 Å². The van der Waals surface area contributed by atoms with E-state index in [9.17, 15) is 14.0 Å². The van der Waals surface area contributed by atoms with Crippen LogP contribution in [0.1, 0.15) is 21.7 Å². The molecule has 0 atom stereocenters. The average molecular weight is 293 g/mol. The molecule has 0 spiro atoms. The van der Waals surface area contributed by atoms with Crippen LogP contribution in [0.4, 0.5) is 10.1 Å². The summed E-state index contributed by atoms with van der Waals surface area (Å²) in [5.74, 6) is -2.61. The van der Waals surface area contributed by atoms with Gasteiger partial charge in [0.2, 0.25) is 5.91 Å². The first-order chi connectivity index (χ1) is 9.58. The van der Waals surface area contributed by atoms with Crippen molar-refractivity contribution >= 4 is 28.9 Å². The number of amides is 1. The van der Waals surface area contributed by atoms with Crippen LogP contribution >= 0.6 is 11.3 Å². The summed E-state index contributed by atoms with van der Waals surface area (Å²) in [5, 5.41) is 13.3. The third kappa shape index (κ3) is 3.42. The molecule has 0 aliphatic heterocycles. The maximum Gasteiger partial charge on any atom is 0.340 e. The number of carboxylic acid groups (broad SMARTS) is 1. The summed E-state index contributed by atoms with van der Waals surface area (Å²) >= 11 is 1.55. The number of carbonyl (C=O) groups is 2. The van der Waals surface area contributed by atoms with Gasteiger partial charge in [-0.25, -0.2) is 9.18 Å². The second-order valence-corrected chi connectivity index (χ2v) is 5.13. The number of rotatable bonds is 5. The van der Waals surface area contributed by atoms with E-state index in [4.69, 9.17) is 5.11 Å². The number of halogens is 1. The number of nitrogens with one attached hydrogen (secondary N) is 1. The SMILES string of the molecule is O=C(CCc1cccs1)Nc1cccc(F)c1C(=O)O. The van der Waals surface area contributed by atoms with Crippen LogP contribution in [0, 0.1) is 5.82 Å². The van der Waals surface area contributed by atoms with Crippen LogP contribution in [-0.2, 0) is 11.2 Å². The molecule has 2 N–H and O–H groups in total. The lowest BCUT2D eigenvalue weighted by atomic mass is 10.1. The second kappa shape index (κ2) is 6.29. The monoisotopic (exact) mass is 293 g/mol. The van der Waals surface area contributed by atoms with E-state index in [2.05, 4.69) is 5.32 Å². The van der Waals surface area contributed by atoms with Gasteiger partial charge >= 0.3 is 5.97 Å². The molecule has 0 radical (unpaired) electrons. The van der Waals surface area contributed by atoms with Crippen molar-refractivity contribution in [2.75, 3.05) is 5.32 Å². The zero-order chi connectivity index (χ0) is 14.5. The first-order valence-corrected chi connectivity index (χ1v) is 6.80. The standard InChI is InChI=1S/C14H12FNO3S/c15-10-4-1-5-11(13(10)14(18)19)16-12(17)7-6-9-3-2-8-20-9/h1-5,8H,6-7H2,(H,16,17)(H,18,19). The van der Waals surface area contributed by atoms with Crippen LogP contribution < -0.4 is 5.32 Å². The van der Waals surface area contributed by atoms with Crippen LogP contribution in [0.5, 0.6) is 0 Å². The molecule has 2 aromatic rings. The molecule has 1 heterocycles. The fourth-order valence-corrected chi connectivity index (χ4v) is 2.46. The van der Waals surface area contributed by atoms with E-state index in [1.54, 1.807) is 11.3 Å². The lowest BCUT2D eigenvalue weighted by molar-refractivity contribution is -0.116. The van der Waals surface area contributed by atoms with E-state index in [0.717, 1.165) is 10.9 Å². The van der Waals surface area contributed by atoms with Gasteiger partial charge in [0.15, 0.2) is 0 Å². The summed E-state index contributed by atoms with van der Waals surface area (Å²) in [6, 6.07) is 7.59. The highest BCUT2D eigenvalue weighted by molar-refractivity contribution is 7.09. The van der Waals surface area contributed by atoms with Crippen molar-refractivity contribution in [2.45, 2.75) is 12.8 Å². The molecule has 0 saturated carbocycles. The van der Waals surface area contributed by atoms with Gasteiger partial charge < -0.3 is 10.4 Å². The minimum atomic E-state index is -1.41. The minimum Gasteiger partial charge on any atom is -0.478 e. The Morgan fingerprint density at radius 3 is 2.70 bits per heavy atom. The van der Waals surface area contributed by atoms with Crippen molar-refractivity contribution in [3.05, 3.63) is 52.0 Å². The Bertz CT molecular complexity index is 625. The molecule has 0 unspecified atom stereocenters. The number of carbonyl (C=O) groups excluding carboxylic acids is 1. The van der Waals surface area contributed by atoms with E-state index in [1.165, 1.54) is 12.1 Å². The number of hydrogen-bond donors (Lipinski definition) is 2. The Labute approximate surface area is 118 Å². The Hall–Kier alpha value is -2.21. The summed E-state index contributed by atoms with van der Waals surface area (Å²) in [5.41, 5.74) is -0.536. The van der Waals surface area contributed by atoms with Gasteiger partial charge in [0.25, 0.3) is 0 Å². The van der Waals surface area contributed by atoms with Crippen LogP contribution in [0.3, 0.4) is 0 Å². The Balaban J connectivity index is 2.04. The van der Waals surface area contributed by atoms with Crippen LogP contribution in [0.2, 0.25) is 0 Å². The minimum absolute atomic E-state index is 0.0197. The molecule has 1 aromatic heterocycles. The summed E-state index contributed by atoms with van der Waals surface area (Å²) in [6.45, 7) is 0. The third-order valence-electron chi connectivity index (χ3n) is 2.68. The fraction of sp³-hybridized carbons (Fsp3) is 0.143. The molecule has 1 amide bonds.